The molecule has 0 saturated carbocycles. The van der Waals surface area contributed by atoms with E-state index in [4.69, 9.17) is 0 Å². The number of hydrogen-bond donors (Lipinski definition) is 1. The maximum Gasteiger partial charge on any atom is 0.0412 e. The summed E-state index contributed by atoms with van der Waals surface area (Å²) < 4.78 is 0. The van der Waals surface area contributed by atoms with Crippen molar-refractivity contribution >= 4 is 5.69 Å². The van der Waals surface area contributed by atoms with E-state index in [1.807, 2.05) is 0 Å². The van der Waals surface area contributed by atoms with Crippen LogP contribution in [0.15, 0.2) is 24.3 Å². The normalized spacial score (nSPS) is 17.7. The molecule has 2 heteroatoms. The number of nitrogens with zero attached hydrogens (tertiary/aromatic N) is 1. The molecule has 1 aliphatic heterocycles. The molecule has 0 spiro atoms. The van der Waals surface area contributed by atoms with E-state index in [0.717, 1.165) is 19.0 Å². The molecular weight excluding hydrogens is 256 g/mol. The molecule has 0 amide bonds. The molecule has 0 aromatic heterocycles. The minimum atomic E-state index is 0.261. The van der Waals surface area contributed by atoms with Crippen LogP contribution in [0.25, 0.3) is 0 Å². The Hall–Kier alpha value is -1.02. The van der Waals surface area contributed by atoms with Crippen molar-refractivity contribution in [1.29, 1.82) is 0 Å². The number of hydrogen-bond acceptors (Lipinski definition) is 2. The van der Waals surface area contributed by atoms with Crippen molar-refractivity contribution in [3.05, 3.63) is 29.8 Å². The summed E-state index contributed by atoms with van der Waals surface area (Å²) in [5.41, 5.74) is 3.15. The zero-order chi connectivity index (χ0) is 15.3. The number of para-hydroxylation sites is 1. The van der Waals surface area contributed by atoms with Crippen molar-refractivity contribution in [3.8, 4) is 0 Å². The Morgan fingerprint density at radius 2 is 1.90 bits per heavy atom. The van der Waals surface area contributed by atoms with Crippen LogP contribution in [0.4, 0.5) is 5.69 Å². The van der Waals surface area contributed by atoms with Crippen LogP contribution in [0, 0.1) is 5.92 Å². The van der Waals surface area contributed by atoms with E-state index < -0.39 is 0 Å². The lowest BCUT2D eigenvalue weighted by molar-refractivity contribution is 0.306. The Morgan fingerprint density at radius 1 is 1.19 bits per heavy atom. The average Bonchev–Trinajstić information content (AvgIpc) is 2.65. The lowest BCUT2D eigenvalue weighted by atomic mass is 9.92. The van der Waals surface area contributed by atoms with E-state index in [0.29, 0.717) is 0 Å². The van der Waals surface area contributed by atoms with Gasteiger partial charge in [0, 0.05) is 30.9 Å². The minimum absolute atomic E-state index is 0.261. The van der Waals surface area contributed by atoms with Gasteiger partial charge in [0.25, 0.3) is 0 Å². The molecule has 118 valence electrons. The largest absolute Gasteiger partial charge is 0.369 e. The topological polar surface area (TPSA) is 15.3 Å². The third-order valence-corrected chi connectivity index (χ3v) is 5.04. The molecule has 1 aromatic carbocycles. The van der Waals surface area contributed by atoms with Gasteiger partial charge in [-0.25, -0.2) is 0 Å². The molecule has 1 aliphatic rings. The summed E-state index contributed by atoms with van der Waals surface area (Å²) in [5.74, 6) is 0.799. The Labute approximate surface area is 130 Å². The molecule has 0 atom stereocenters. The predicted molar refractivity (Wildman–Crippen MR) is 92.9 cm³/mol. The molecule has 0 fully saturated rings. The Morgan fingerprint density at radius 3 is 2.57 bits per heavy atom. The monoisotopic (exact) mass is 288 g/mol. The summed E-state index contributed by atoms with van der Waals surface area (Å²) in [7, 11) is 0. The summed E-state index contributed by atoms with van der Waals surface area (Å²) in [6.07, 6.45) is 4.99. The van der Waals surface area contributed by atoms with Crippen LogP contribution < -0.4 is 10.2 Å². The summed E-state index contributed by atoms with van der Waals surface area (Å²) in [5, 5.41) is 3.84. The van der Waals surface area contributed by atoms with Gasteiger partial charge < -0.3 is 10.2 Å². The van der Waals surface area contributed by atoms with Crippen LogP contribution in [0.5, 0.6) is 0 Å². The number of fused-ring (bicyclic) bond motifs is 1. The smallest absolute Gasteiger partial charge is 0.0412 e. The first-order valence-electron chi connectivity index (χ1n) is 8.68. The van der Waals surface area contributed by atoms with Gasteiger partial charge in [-0.05, 0) is 43.2 Å². The highest BCUT2D eigenvalue weighted by Gasteiger charge is 2.31. The van der Waals surface area contributed by atoms with Crippen molar-refractivity contribution in [2.24, 2.45) is 5.92 Å². The Kier molecular flexibility index (Phi) is 5.69. The van der Waals surface area contributed by atoms with Gasteiger partial charge in [0.15, 0.2) is 0 Å². The second-order valence-corrected chi connectivity index (χ2v) is 6.93. The van der Waals surface area contributed by atoms with Gasteiger partial charge in [-0.3, -0.25) is 0 Å². The maximum atomic E-state index is 3.84. The minimum Gasteiger partial charge on any atom is -0.369 e. The quantitative estimate of drug-likeness (QED) is 0.823. The zero-order valence-electron chi connectivity index (χ0n) is 14.3. The van der Waals surface area contributed by atoms with Crippen molar-refractivity contribution in [1.82, 2.24) is 5.32 Å². The zero-order valence-corrected chi connectivity index (χ0v) is 14.3. The summed E-state index contributed by atoms with van der Waals surface area (Å²) in [6.45, 7) is 12.6. The fourth-order valence-electron chi connectivity index (χ4n) is 3.37. The van der Waals surface area contributed by atoms with E-state index in [-0.39, 0.29) is 5.54 Å². The van der Waals surface area contributed by atoms with Crippen molar-refractivity contribution in [2.45, 2.75) is 65.5 Å². The average molecular weight is 288 g/mol. The second-order valence-electron chi connectivity index (χ2n) is 6.93. The van der Waals surface area contributed by atoms with Crippen molar-refractivity contribution in [2.75, 3.05) is 18.0 Å². The molecule has 1 N–H and O–H groups in total. The third kappa shape index (κ3) is 4.00. The van der Waals surface area contributed by atoms with Gasteiger partial charge in [-0.1, -0.05) is 45.9 Å². The molecule has 2 nitrogen and oxygen atoms in total. The molecule has 2 rings (SSSR count). The lowest BCUT2D eigenvalue weighted by Crippen LogP contribution is -2.51. The SMILES string of the molecule is CCC1(CC)CN(CCCC(C)C)c2ccccc2CN1. The molecule has 0 saturated heterocycles. The predicted octanol–water partition coefficient (Wildman–Crippen LogP) is 4.59. The van der Waals surface area contributed by atoms with Crippen LogP contribution in [-0.2, 0) is 6.54 Å². The van der Waals surface area contributed by atoms with Crippen LogP contribution in [-0.4, -0.2) is 18.6 Å². The molecule has 0 unspecified atom stereocenters. The van der Waals surface area contributed by atoms with Crippen molar-refractivity contribution < 1.29 is 0 Å². The summed E-state index contributed by atoms with van der Waals surface area (Å²) in [6, 6.07) is 8.92. The fraction of sp³-hybridized carbons (Fsp3) is 0.684. The van der Waals surface area contributed by atoms with Gasteiger partial charge in [-0.15, -0.1) is 0 Å². The summed E-state index contributed by atoms with van der Waals surface area (Å²) >= 11 is 0. The lowest BCUT2D eigenvalue weighted by Gasteiger charge is -2.37. The first-order chi connectivity index (χ1) is 10.1. The summed E-state index contributed by atoms with van der Waals surface area (Å²) in [4.78, 5) is 2.63. The van der Waals surface area contributed by atoms with E-state index >= 15 is 0 Å². The van der Waals surface area contributed by atoms with Crippen LogP contribution in [0.1, 0.15) is 58.9 Å². The van der Waals surface area contributed by atoms with E-state index in [1.54, 1.807) is 0 Å². The maximum absolute atomic E-state index is 3.84. The van der Waals surface area contributed by atoms with Gasteiger partial charge >= 0.3 is 0 Å². The molecule has 1 heterocycles. The van der Waals surface area contributed by atoms with Crippen LogP contribution in [0.3, 0.4) is 0 Å². The molecular formula is C19H32N2. The first kappa shape index (κ1) is 16.4. The third-order valence-electron chi connectivity index (χ3n) is 5.04. The highest BCUT2D eigenvalue weighted by atomic mass is 15.2. The van der Waals surface area contributed by atoms with Crippen LogP contribution >= 0.6 is 0 Å². The number of anilines is 1. The fourth-order valence-corrected chi connectivity index (χ4v) is 3.37. The molecule has 1 aromatic rings. The van der Waals surface area contributed by atoms with E-state index in [9.17, 15) is 0 Å². The molecule has 0 radical (unpaired) electrons. The van der Waals surface area contributed by atoms with Gasteiger partial charge in [-0.2, -0.15) is 0 Å². The Balaban J connectivity index is 2.19. The van der Waals surface area contributed by atoms with E-state index in [1.165, 1.54) is 43.5 Å². The number of rotatable bonds is 6. The molecule has 0 bridgehead atoms. The van der Waals surface area contributed by atoms with Gasteiger partial charge in [0.1, 0.15) is 0 Å². The number of benzene rings is 1. The second kappa shape index (κ2) is 7.31. The Bertz CT molecular complexity index is 435. The van der Waals surface area contributed by atoms with Gasteiger partial charge in [0.2, 0.25) is 0 Å². The standard InChI is InChI=1S/C19H32N2/c1-5-19(6-2)15-21(13-9-10-16(3)4)18-12-8-7-11-17(18)14-20-19/h7-8,11-12,16,20H,5-6,9-10,13-15H2,1-4H3. The highest BCUT2D eigenvalue weighted by Crippen LogP contribution is 2.29. The van der Waals surface area contributed by atoms with Crippen molar-refractivity contribution in [3.63, 3.8) is 0 Å². The van der Waals surface area contributed by atoms with E-state index in [2.05, 4.69) is 62.2 Å². The first-order valence-corrected chi connectivity index (χ1v) is 8.68. The highest BCUT2D eigenvalue weighted by molar-refractivity contribution is 5.55. The number of nitrogens with one attached hydrogen (secondary N) is 1. The molecule has 0 aliphatic carbocycles. The van der Waals surface area contributed by atoms with Gasteiger partial charge in [0.05, 0.1) is 0 Å². The van der Waals surface area contributed by atoms with Crippen LogP contribution in [0.2, 0.25) is 0 Å². The molecule has 21 heavy (non-hydrogen) atoms.